The van der Waals surface area contributed by atoms with Crippen molar-refractivity contribution in [1.82, 2.24) is 4.90 Å². The summed E-state index contributed by atoms with van der Waals surface area (Å²) in [4.78, 5) is 14.6. The molecule has 3 rings (SSSR count). The van der Waals surface area contributed by atoms with Crippen LogP contribution in [0.3, 0.4) is 0 Å². The molecule has 1 aromatic heterocycles. The Labute approximate surface area is 167 Å². The summed E-state index contributed by atoms with van der Waals surface area (Å²) in [5.74, 6) is 0.578. The number of rotatable bonds is 6. The van der Waals surface area contributed by atoms with E-state index in [1.54, 1.807) is 31.2 Å². The van der Waals surface area contributed by atoms with E-state index in [0.29, 0.717) is 28.0 Å². The smallest absolute Gasteiger partial charge is 0.264 e. The van der Waals surface area contributed by atoms with Gasteiger partial charge in [0.25, 0.3) is 5.91 Å². The highest BCUT2D eigenvalue weighted by molar-refractivity contribution is 7.91. The SMILES string of the molecule is C[C@H](Oc1ccc(Cl)cc1Cl)C(=O)N(Cc1ccco1)[C@@H]1CCS(=O)(=O)C1. The molecule has 0 spiro atoms. The maximum absolute atomic E-state index is 13.0. The lowest BCUT2D eigenvalue weighted by molar-refractivity contribution is -0.140. The molecule has 1 saturated heterocycles. The van der Waals surface area contributed by atoms with Gasteiger partial charge in [0.2, 0.25) is 0 Å². The predicted molar refractivity (Wildman–Crippen MR) is 103 cm³/mol. The Morgan fingerprint density at radius 2 is 2.15 bits per heavy atom. The minimum atomic E-state index is -3.15. The van der Waals surface area contributed by atoms with Crippen LogP contribution in [0, 0.1) is 0 Å². The molecule has 2 atom stereocenters. The van der Waals surface area contributed by atoms with Crippen LogP contribution in [0.1, 0.15) is 19.1 Å². The van der Waals surface area contributed by atoms with Gasteiger partial charge in [-0.05, 0) is 43.7 Å². The van der Waals surface area contributed by atoms with Crippen LogP contribution >= 0.6 is 23.2 Å². The Hall–Kier alpha value is -1.70. The van der Waals surface area contributed by atoms with Gasteiger partial charge in [-0.1, -0.05) is 23.2 Å². The molecule has 6 nitrogen and oxygen atoms in total. The fourth-order valence-electron chi connectivity index (χ4n) is 3.02. The fourth-order valence-corrected chi connectivity index (χ4v) is 5.21. The Morgan fingerprint density at radius 1 is 1.37 bits per heavy atom. The first kappa shape index (κ1) is 20.0. The van der Waals surface area contributed by atoms with Gasteiger partial charge in [0.05, 0.1) is 29.3 Å². The molecule has 2 heterocycles. The van der Waals surface area contributed by atoms with Gasteiger partial charge in [-0.3, -0.25) is 4.79 Å². The number of carbonyl (C=O) groups is 1. The second kappa shape index (κ2) is 8.12. The van der Waals surface area contributed by atoms with E-state index in [1.807, 2.05) is 0 Å². The number of ether oxygens (including phenoxy) is 1. The van der Waals surface area contributed by atoms with Crippen molar-refractivity contribution in [3.63, 3.8) is 0 Å². The quantitative estimate of drug-likeness (QED) is 0.698. The topological polar surface area (TPSA) is 76.8 Å². The Balaban J connectivity index is 1.78. The van der Waals surface area contributed by atoms with Gasteiger partial charge in [0.15, 0.2) is 15.9 Å². The van der Waals surface area contributed by atoms with Gasteiger partial charge in [0.1, 0.15) is 11.5 Å². The van der Waals surface area contributed by atoms with Gasteiger partial charge in [-0.2, -0.15) is 0 Å². The number of nitrogens with zero attached hydrogens (tertiary/aromatic N) is 1. The fraction of sp³-hybridized carbons (Fsp3) is 0.389. The van der Waals surface area contributed by atoms with E-state index >= 15 is 0 Å². The number of hydrogen-bond donors (Lipinski definition) is 0. The lowest BCUT2D eigenvalue weighted by atomic mass is 10.2. The second-order valence-corrected chi connectivity index (χ2v) is 9.51. The van der Waals surface area contributed by atoms with Crippen molar-refractivity contribution in [2.45, 2.75) is 32.0 Å². The summed E-state index contributed by atoms with van der Waals surface area (Å²) in [6, 6.07) is 7.77. The summed E-state index contributed by atoms with van der Waals surface area (Å²) in [5, 5.41) is 0.755. The van der Waals surface area contributed by atoms with Crippen LogP contribution in [0.25, 0.3) is 0 Å². The lowest BCUT2D eigenvalue weighted by Gasteiger charge is -2.30. The molecule has 1 aromatic carbocycles. The summed E-state index contributed by atoms with van der Waals surface area (Å²) in [5.41, 5.74) is 0. The molecule has 27 heavy (non-hydrogen) atoms. The molecule has 0 radical (unpaired) electrons. The molecule has 1 amide bonds. The van der Waals surface area contributed by atoms with Crippen molar-refractivity contribution in [3.05, 3.63) is 52.4 Å². The van der Waals surface area contributed by atoms with Crippen molar-refractivity contribution >= 4 is 38.9 Å². The minimum Gasteiger partial charge on any atom is -0.479 e. The molecule has 0 unspecified atom stereocenters. The third kappa shape index (κ3) is 4.97. The number of benzene rings is 1. The Bertz CT molecular complexity index is 914. The van der Waals surface area contributed by atoms with E-state index in [2.05, 4.69) is 0 Å². The van der Waals surface area contributed by atoms with Gasteiger partial charge >= 0.3 is 0 Å². The minimum absolute atomic E-state index is 0.0616. The summed E-state index contributed by atoms with van der Waals surface area (Å²) < 4.78 is 34.8. The molecule has 9 heteroatoms. The van der Waals surface area contributed by atoms with Crippen LogP contribution in [0.2, 0.25) is 10.0 Å². The number of hydrogen-bond acceptors (Lipinski definition) is 5. The van der Waals surface area contributed by atoms with E-state index in [4.69, 9.17) is 32.4 Å². The summed E-state index contributed by atoms with van der Waals surface area (Å²) in [6.45, 7) is 1.78. The normalized spacial score (nSPS) is 19.6. The van der Waals surface area contributed by atoms with Crippen LogP contribution in [-0.2, 0) is 21.2 Å². The van der Waals surface area contributed by atoms with E-state index < -0.39 is 22.0 Å². The molecule has 1 aliphatic heterocycles. The molecular weight excluding hydrogens is 413 g/mol. The summed E-state index contributed by atoms with van der Waals surface area (Å²) in [7, 11) is -3.15. The van der Waals surface area contributed by atoms with Crippen molar-refractivity contribution in [1.29, 1.82) is 0 Å². The zero-order valence-electron chi connectivity index (χ0n) is 14.6. The van der Waals surface area contributed by atoms with E-state index in [-0.39, 0.29) is 24.0 Å². The first-order valence-electron chi connectivity index (χ1n) is 8.40. The Morgan fingerprint density at radius 3 is 2.74 bits per heavy atom. The maximum Gasteiger partial charge on any atom is 0.264 e. The molecule has 0 saturated carbocycles. The zero-order valence-corrected chi connectivity index (χ0v) is 16.9. The lowest BCUT2D eigenvalue weighted by Crippen LogP contribution is -2.46. The average Bonchev–Trinajstić information content (AvgIpc) is 3.23. The molecule has 1 aliphatic rings. The van der Waals surface area contributed by atoms with Gasteiger partial charge in [-0.25, -0.2) is 8.42 Å². The molecule has 146 valence electrons. The third-order valence-corrected chi connectivity index (χ3v) is 6.66. The molecular formula is C18H19Cl2NO5S. The van der Waals surface area contributed by atoms with E-state index in [0.717, 1.165) is 0 Å². The van der Waals surface area contributed by atoms with Crippen molar-refractivity contribution in [2.75, 3.05) is 11.5 Å². The molecule has 0 N–H and O–H groups in total. The van der Waals surface area contributed by atoms with Crippen molar-refractivity contribution in [3.8, 4) is 5.75 Å². The zero-order chi connectivity index (χ0) is 19.6. The summed E-state index contributed by atoms with van der Waals surface area (Å²) >= 11 is 12.0. The van der Waals surface area contributed by atoms with Crippen LogP contribution in [0.5, 0.6) is 5.75 Å². The van der Waals surface area contributed by atoms with E-state index in [9.17, 15) is 13.2 Å². The number of halogens is 2. The first-order valence-corrected chi connectivity index (χ1v) is 11.0. The van der Waals surface area contributed by atoms with Crippen LogP contribution in [0.15, 0.2) is 41.0 Å². The largest absolute Gasteiger partial charge is 0.479 e. The summed E-state index contributed by atoms with van der Waals surface area (Å²) in [6.07, 6.45) is 1.04. The standard InChI is InChI=1S/C18H19Cl2NO5S/c1-12(26-17-5-4-13(19)9-16(17)20)18(22)21(10-15-3-2-7-25-15)14-6-8-27(23,24)11-14/h2-5,7,9,12,14H,6,8,10-11H2,1H3/t12-,14+/m0/s1. The van der Waals surface area contributed by atoms with Crippen molar-refractivity contribution < 1.29 is 22.4 Å². The number of amides is 1. The molecule has 2 aromatic rings. The van der Waals surface area contributed by atoms with Gasteiger partial charge in [0, 0.05) is 11.1 Å². The maximum atomic E-state index is 13.0. The third-order valence-electron chi connectivity index (χ3n) is 4.38. The van der Waals surface area contributed by atoms with Crippen LogP contribution < -0.4 is 4.74 Å². The number of carbonyl (C=O) groups excluding carboxylic acids is 1. The predicted octanol–water partition coefficient (Wildman–Crippen LogP) is 3.57. The highest BCUT2D eigenvalue weighted by Crippen LogP contribution is 2.29. The van der Waals surface area contributed by atoms with Crippen LogP contribution in [-0.4, -0.2) is 42.9 Å². The number of sulfone groups is 1. The first-order chi connectivity index (χ1) is 12.7. The average molecular weight is 432 g/mol. The highest BCUT2D eigenvalue weighted by Gasteiger charge is 2.37. The van der Waals surface area contributed by atoms with Gasteiger partial charge in [-0.15, -0.1) is 0 Å². The van der Waals surface area contributed by atoms with Crippen molar-refractivity contribution in [2.24, 2.45) is 0 Å². The second-order valence-electron chi connectivity index (χ2n) is 6.44. The highest BCUT2D eigenvalue weighted by atomic mass is 35.5. The monoisotopic (exact) mass is 431 g/mol. The Kier molecular flexibility index (Phi) is 6.03. The molecule has 0 bridgehead atoms. The molecule has 0 aliphatic carbocycles. The van der Waals surface area contributed by atoms with Gasteiger partial charge < -0.3 is 14.1 Å². The van der Waals surface area contributed by atoms with E-state index in [1.165, 1.54) is 17.2 Å². The number of furan rings is 1. The molecule has 1 fully saturated rings. The van der Waals surface area contributed by atoms with Crippen LogP contribution in [0.4, 0.5) is 0 Å².